The number of para-hydroxylation sites is 1. The first-order chi connectivity index (χ1) is 24.3. The minimum Gasteiger partial charge on any atom is -0.309 e. The van der Waals surface area contributed by atoms with Gasteiger partial charge in [0, 0.05) is 16.6 Å². The van der Waals surface area contributed by atoms with Crippen LogP contribution in [0, 0.1) is 0 Å². The topological polar surface area (TPSA) is 3.24 Å². The van der Waals surface area contributed by atoms with Gasteiger partial charge in [-0.1, -0.05) is 217 Å². The highest BCUT2D eigenvalue weighted by atomic mass is 15.2. The summed E-state index contributed by atoms with van der Waals surface area (Å²) in [5.41, 5.74) is 10.3. The Morgan fingerprint density at radius 2 is 0.959 bits per heavy atom. The van der Waals surface area contributed by atoms with Crippen LogP contribution in [-0.4, -0.2) is 13.4 Å². The van der Waals surface area contributed by atoms with Crippen LogP contribution in [0.5, 0.6) is 0 Å². The number of fused-ring (bicyclic) bond motifs is 2. The summed E-state index contributed by atoms with van der Waals surface area (Å²) in [7, 11) is 0. The fourth-order valence-electron chi connectivity index (χ4n) is 12.1. The molecule has 0 N–H and O–H groups in total. The molecule has 4 aromatic rings. The second-order valence-corrected chi connectivity index (χ2v) is 17.0. The third kappa shape index (κ3) is 6.10. The highest BCUT2D eigenvalue weighted by Crippen LogP contribution is 2.52. The summed E-state index contributed by atoms with van der Waals surface area (Å²) >= 11 is 0. The van der Waals surface area contributed by atoms with E-state index in [4.69, 9.17) is 0 Å². The van der Waals surface area contributed by atoms with Crippen LogP contribution in [0.4, 0.5) is 17.1 Å². The van der Waals surface area contributed by atoms with Crippen molar-refractivity contribution in [2.75, 3.05) is 4.90 Å². The Balaban J connectivity index is 1.21. The van der Waals surface area contributed by atoms with E-state index in [0.29, 0.717) is 13.4 Å². The van der Waals surface area contributed by atoms with E-state index in [2.05, 4.69) is 83.8 Å². The van der Waals surface area contributed by atoms with Gasteiger partial charge in [0.05, 0.1) is 11.4 Å². The Bertz CT molecular complexity index is 1690. The summed E-state index contributed by atoms with van der Waals surface area (Å²) in [6.45, 7) is 1.40. The Morgan fingerprint density at radius 3 is 1.53 bits per heavy atom. The molecule has 3 heteroatoms. The molecule has 0 atom stereocenters. The molecule has 1 heterocycles. The quantitative estimate of drug-likeness (QED) is 0.159. The van der Waals surface area contributed by atoms with Gasteiger partial charge in [0.15, 0.2) is 13.4 Å². The molecule has 4 saturated carbocycles. The smallest absolute Gasteiger partial charge is 0.183 e. The normalized spacial score (nSPS) is 21.1. The van der Waals surface area contributed by atoms with E-state index in [1.807, 2.05) is 0 Å². The third-order valence-corrected chi connectivity index (χ3v) is 14.2. The summed E-state index contributed by atoms with van der Waals surface area (Å²) in [4.78, 5) is 2.66. The maximum Gasteiger partial charge on any atom is 0.183 e. The van der Waals surface area contributed by atoms with Crippen LogP contribution in [-0.2, 0) is 0 Å². The molecule has 0 aromatic heterocycles. The molecule has 0 bridgehead atoms. The molecule has 0 amide bonds. The van der Waals surface area contributed by atoms with Gasteiger partial charge >= 0.3 is 0 Å². The second-order valence-electron chi connectivity index (χ2n) is 17.0. The summed E-state index contributed by atoms with van der Waals surface area (Å²) in [6.07, 6.45) is 28.6. The Kier molecular flexibility index (Phi) is 9.38. The van der Waals surface area contributed by atoms with E-state index in [9.17, 15) is 0 Å². The van der Waals surface area contributed by atoms with Crippen molar-refractivity contribution < 1.29 is 0 Å². The lowest BCUT2D eigenvalue weighted by Gasteiger charge is -2.39. The van der Waals surface area contributed by atoms with Crippen molar-refractivity contribution in [3.63, 3.8) is 0 Å². The van der Waals surface area contributed by atoms with E-state index < -0.39 is 0 Å². The lowest BCUT2D eigenvalue weighted by atomic mass is 9.27. The monoisotopic (exact) mass is 645 g/mol. The van der Waals surface area contributed by atoms with Gasteiger partial charge in [0.1, 0.15) is 0 Å². The summed E-state index contributed by atoms with van der Waals surface area (Å²) in [5, 5.41) is 3.03. The van der Waals surface area contributed by atoms with Gasteiger partial charge in [-0.3, -0.25) is 0 Å². The maximum absolute atomic E-state index is 2.68. The molecule has 4 aliphatic carbocycles. The number of nitrogens with zero attached hydrogens (tertiary/aromatic N) is 1. The van der Waals surface area contributed by atoms with E-state index >= 15 is 0 Å². The van der Waals surface area contributed by atoms with Crippen LogP contribution in [0.1, 0.15) is 128 Å². The molecule has 1 aliphatic heterocycles. The number of benzene rings is 4. The molecule has 0 radical (unpaired) electrons. The van der Waals surface area contributed by atoms with Crippen LogP contribution in [0.2, 0.25) is 23.3 Å². The molecule has 1 nitrogen and oxygen atoms in total. The average Bonchev–Trinajstić information content (AvgIpc) is 3.18. The van der Waals surface area contributed by atoms with E-state index in [0.717, 1.165) is 23.3 Å². The zero-order valence-corrected chi connectivity index (χ0v) is 30.1. The van der Waals surface area contributed by atoms with Gasteiger partial charge in [0.25, 0.3) is 0 Å². The van der Waals surface area contributed by atoms with Crippen molar-refractivity contribution in [3.8, 4) is 11.1 Å². The van der Waals surface area contributed by atoms with Gasteiger partial charge in [-0.05, 0) is 35.2 Å². The first-order valence-corrected chi connectivity index (χ1v) is 20.9. The average molecular weight is 646 g/mol. The Hall–Kier alpha value is -2.93. The number of hydrogen-bond donors (Lipinski definition) is 0. The molecule has 252 valence electrons. The van der Waals surface area contributed by atoms with E-state index in [1.165, 1.54) is 167 Å². The van der Waals surface area contributed by atoms with Crippen LogP contribution in [0.3, 0.4) is 0 Å². The van der Waals surface area contributed by atoms with Gasteiger partial charge in [-0.15, -0.1) is 0 Å². The molecule has 0 saturated heterocycles. The molecule has 0 spiro atoms. The van der Waals surface area contributed by atoms with Gasteiger partial charge in [-0.2, -0.15) is 0 Å². The molecule has 5 aliphatic rings. The summed E-state index contributed by atoms with van der Waals surface area (Å²) in [6, 6.07) is 31.7. The van der Waals surface area contributed by atoms with Crippen molar-refractivity contribution in [1.82, 2.24) is 0 Å². The van der Waals surface area contributed by atoms with Gasteiger partial charge in [-0.25, -0.2) is 0 Å². The fourth-order valence-corrected chi connectivity index (χ4v) is 12.1. The van der Waals surface area contributed by atoms with Crippen molar-refractivity contribution in [2.24, 2.45) is 0 Å². The molecule has 9 rings (SSSR count). The Labute approximate surface area is 297 Å². The van der Waals surface area contributed by atoms with E-state index in [-0.39, 0.29) is 0 Å². The van der Waals surface area contributed by atoms with Gasteiger partial charge < -0.3 is 4.90 Å². The third-order valence-electron chi connectivity index (χ3n) is 14.2. The molecule has 0 unspecified atom stereocenters. The number of rotatable bonds is 7. The lowest BCUT2D eigenvalue weighted by Crippen LogP contribution is -2.42. The van der Waals surface area contributed by atoms with Crippen LogP contribution in [0.15, 0.2) is 78.9 Å². The first-order valence-electron chi connectivity index (χ1n) is 20.9. The number of anilines is 3. The highest BCUT2D eigenvalue weighted by molar-refractivity contribution is 6.78. The zero-order valence-electron chi connectivity index (χ0n) is 30.1. The van der Waals surface area contributed by atoms with Crippen LogP contribution < -0.4 is 15.8 Å². The standard InChI is InChI=1S/C46H57B2N/c1-6-17-34(18-7-1)47(35-19-8-2-9-20-35)38-29-30-40-41-31-32-43(48(36-21-10-3-11-22-36)37-23-12-4-13-24-37)42-27-16-28-44(46(41)42)49(45(40)33-38)39-25-14-5-15-26-39/h5,14-16,25-37H,1-4,6-13,17-24H2. The van der Waals surface area contributed by atoms with E-state index in [1.54, 1.807) is 10.9 Å². The second kappa shape index (κ2) is 14.4. The van der Waals surface area contributed by atoms with Crippen molar-refractivity contribution in [2.45, 2.75) is 152 Å². The molecule has 49 heavy (non-hydrogen) atoms. The molecule has 4 fully saturated rings. The summed E-state index contributed by atoms with van der Waals surface area (Å²) < 4.78 is 0. The van der Waals surface area contributed by atoms with Crippen LogP contribution in [0.25, 0.3) is 21.9 Å². The largest absolute Gasteiger partial charge is 0.309 e. The molecule has 4 aromatic carbocycles. The molecular formula is C46H57B2N. The molecular weight excluding hydrogens is 588 g/mol. The minimum atomic E-state index is 0.700. The minimum absolute atomic E-state index is 0.700. The maximum atomic E-state index is 2.68. The lowest BCUT2D eigenvalue weighted by molar-refractivity contribution is 0.465. The van der Waals surface area contributed by atoms with Gasteiger partial charge in [0.2, 0.25) is 0 Å². The predicted molar refractivity (Wildman–Crippen MR) is 216 cm³/mol. The predicted octanol–water partition coefficient (Wildman–Crippen LogP) is 13.0. The van der Waals surface area contributed by atoms with Crippen LogP contribution >= 0.6 is 0 Å². The van der Waals surface area contributed by atoms with Crippen molar-refractivity contribution in [1.29, 1.82) is 0 Å². The van der Waals surface area contributed by atoms with Crippen molar-refractivity contribution >= 4 is 52.2 Å². The SMILES string of the molecule is c1ccc(N2c3cc(B(C4CCCCC4)C4CCCCC4)ccc3-c3ccc(B(C4CCCCC4)C4CCCCC4)c4cccc2c34)cc1. The highest BCUT2D eigenvalue weighted by Gasteiger charge is 2.40. The number of hydrogen-bond acceptors (Lipinski definition) is 1. The Morgan fingerprint density at radius 1 is 0.429 bits per heavy atom. The zero-order chi connectivity index (χ0) is 32.6. The fraction of sp³-hybridized carbons (Fsp3) is 0.522. The first kappa shape index (κ1) is 32.0. The summed E-state index contributed by atoms with van der Waals surface area (Å²) in [5.74, 6) is 3.38. The van der Waals surface area contributed by atoms with Crippen molar-refractivity contribution in [3.05, 3.63) is 78.9 Å².